The van der Waals surface area contributed by atoms with E-state index in [4.69, 9.17) is 28.4 Å². The van der Waals surface area contributed by atoms with Crippen molar-refractivity contribution < 1.29 is 14.3 Å². The highest BCUT2D eigenvalue weighted by atomic mass is 32.1. The van der Waals surface area contributed by atoms with Gasteiger partial charge in [0.2, 0.25) is 11.8 Å². The van der Waals surface area contributed by atoms with E-state index in [9.17, 15) is 9.59 Å². The smallest absolute Gasteiger partial charge is 0.243 e. The van der Waals surface area contributed by atoms with E-state index >= 15 is 0 Å². The molecule has 1 saturated carbocycles. The molecule has 7 heteroatoms. The molecule has 0 radical (unpaired) electrons. The van der Waals surface area contributed by atoms with Gasteiger partial charge in [0.25, 0.3) is 0 Å². The van der Waals surface area contributed by atoms with Crippen molar-refractivity contribution in [3.05, 3.63) is 0 Å². The number of thiocarbonyl (C=S) groups is 1. The second-order valence-corrected chi connectivity index (χ2v) is 4.87. The lowest BCUT2D eigenvalue weighted by Crippen LogP contribution is -2.48. The van der Waals surface area contributed by atoms with E-state index < -0.39 is 11.3 Å². The van der Waals surface area contributed by atoms with Crippen LogP contribution in [0.25, 0.3) is 0 Å². The Morgan fingerprint density at radius 2 is 1.89 bits per heavy atom. The summed E-state index contributed by atoms with van der Waals surface area (Å²) in [5.41, 5.74) is 9.90. The van der Waals surface area contributed by atoms with Crippen LogP contribution in [-0.4, -0.2) is 36.6 Å². The van der Waals surface area contributed by atoms with Gasteiger partial charge in [-0.1, -0.05) is 25.1 Å². The topological polar surface area (TPSA) is 107 Å². The Morgan fingerprint density at radius 1 is 1.28 bits per heavy atom. The number of ether oxygens (including phenoxy) is 1. The highest BCUT2D eigenvalue weighted by molar-refractivity contribution is 7.80. The van der Waals surface area contributed by atoms with Crippen molar-refractivity contribution >= 4 is 29.0 Å². The molecule has 0 spiro atoms. The molecule has 2 amide bonds. The van der Waals surface area contributed by atoms with Gasteiger partial charge in [-0.2, -0.15) is 0 Å². The molecule has 18 heavy (non-hydrogen) atoms. The van der Waals surface area contributed by atoms with Crippen LogP contribution < -0.4 is 16.8 Å². The fraction of sp³-hybridized carbons (Fsp3) is 0.727. The molecule has 0 aromatic heterocycles. The summed E-state index contributed by atoms with van der Waals surface area (Å²) in [7, 11) is 0. The average molecular weight is 273 g/mol. The quantitative estimate of drug-likeness (QED) is 0.426. The summed E-state index contributed by atoms with van der Waals surface area (Å²) in [5.74, 6) is -0.674. The summed E-state index contributed by atoms with van der Waals surface area (Å²) >= 11 is 5.00. The van der Waals surface area contributed by atoms with Gasteiger partial charge in [0.15, 0.2) is 0 Å². The molecular formula is C11H19N3O3S. The summed E-state index contributed by atoms with van der Waals surface area (Å²) in [6, 6.07) is 0. The maximum Gasteiger partial charge on any atom is 0.243 e. The van der Waals surface area contributed by atoms with Gasteiger partial charge in [-0.05, 0) is 12.8 Å². The zero-order valence-electron chi connectivity index (χ0n) is 10.2. The first-order valence-corrected chi connectivity index (χ1v) is 6.34. The van der Waals surface area contributed by atoms with E-state index in [-0.39, 0.29) is 24.1 Å². The highest BCUT2D eigenvalue weighted by Gasteiger charge is 2.43. The summed E-state index contributed by atoms with van der Waals surface area (Å²) in [5, 5.41) is 2.74. The van der Waals surface area contributed by atoms with Gasteiger partial charge in [0.1, 0.15) is 6.61 Å². The molecule has 0 aromatic rings. The van der Waals surface area contributed by atoms with Crippen molar-refractivity contribution in [2.75, 3.05) is 19.8 Å². The van der Waals surface area contributed by atoms with Gasteiger partial charge in [-0.15, -0.1) is 0 Å². The van der Waals surface area contributed by atoms with Crippen molar-refractivity contribution in [2.24, 2.45) is 16.9 Å². The first-order valence-electron chi connectivity index (χ1n) is 5.93. The summed E-state index contributed by atoms with van der Waals surface area (Å²) in [6.45, 7) is 0.412. The maximum atomic E-state index is 12.1. The number of primary amides is 1. The fourth-order valence-corrected chi connectivity index (χ4v) is 2.44. The Hall–Kier alpha value is -1.21. The van der Waals surface area contributed by atoms with Crippen LogP contribution in [-0.2, 0) is 14.3 Å². The predicted molar refractivity (Wildman–Crippen MR) is 70.7 cm³/mol. The largest absolute Gasteiger partial charge is 0.392 e. The number of rotatable bonds is 7. The van der Waals surface area contributed by atoms with Crippen LogP contribution >= 0.6 is 12.2 Å². The van der Waals surface area contributed by atoms with E-state index in [0.717, 1.165) is 12.8 Å². The second-order valence-electron chi connectivity index (χ2n) is 4.43. The molecular weight excluding hydrogens is 254 g/mol. The number of hydrogen-bond acceptors (Lipinski definition) is 4. The molecule has 0 atom stereocenters. The third-order valence-corrected chi connectivity index (χ3v) is 3.53. The minimum Gasteiger partial charge on any atom is -0.392 e. The van der Waals surface area contributed by atoms with Crippen LogP contribution in [0, 0.1) is 5.41 Å². The zero-order valence-corrected chi connectivity index (χ0v) is 11.1. The number of amides is 2. The molecule has 0 unspecified atom stereocenters. The SMILES string of the molecule is NC(=O)COCCNC(=O)C1(C(N)=S)CCCC1. The monoisotopic (exact) mass is 273 g/mol. The predicted octanol–water partition coefficient (Wildman–Crippen LogP) is -0.549. The molecule has 0 bridgehead atoms. The van der Waals surface area contributed by atoms with Gasteiger partial charge < -0.3 is 21.5 Å². The van der Waals surface area contributed by atoms with Crippen LogP contribution in [0.15, 0.2) is 0 Å². The van der Waals surface area contributed by atoms with Gasteiger partial charge in [-0.3, -0.25) is 9.59 Å². The summed E-state index contributed by atoms with van der Waals surface area (Å²) in [4.78, 5) is 22.8. The van der Waals surface area contributed by atoms with E-state index in [1.807, 2.05) is 0 Å². The maximum absolute atomic E-state index is 12.1. The highest BCUT2D eigenvalue weighted by Crippen LogP contribution is 2.38. The molecule has 1 aliphatic rings. The van der Waals surface area contributed by atoms with Crippen LogP contribution in [0.1, 0.15) is 25.7 Å². The van der Waals surface area contributed by atoms with E-state index in [2.05, 4.69) is 5.32 Å². The minimum absolute atomic E-state index is 0.143. The van der Waals surface area contributed by atoms with Gasteiger partial charge in [-0.25, -0.2) is 0 Å². The molecule has 0 aliphatic heterocycles. The molecule has 1 aliphatic carbocycles. The second kappa shape index (κ2) is 6.65. The van der Waals surface area contributed by atoms with Crippen molar-refractivity contribution in [1.82, 2.24) is 5.32 Å². The van der Waals surface area contributed by atoms with Gasteiger partial charge in [0, 0.05) is 6.54 Å². The third kappa shape index (κ3) is 3.64. The number of hydrogen-bond donors (Lipinski definition) is 3. The Morgan fingerprint density at radius 3 is 2.39 bits per heavy atom. The van der Waals surface area contributed by atoms with E-state index in [1.54, 1.807) is 0 Å². The lowest BCUT2D eigenvalue weighted by Gasteiger charge is -2.26. The van der Waals surface area contributed by atoms with Crippen LogP contribution in [0.5, 0.6) is 0 Å². The Labute approximate surface area is 111 Å². The molecule has 0 heterocycles. The number of nitrogens with two attached hydrogens (primary N) is 2. The average Bonchev–Trinajstić information content (AvgIpc) is 2.78. The van der Waals surface area contributed by atoms with E-state index in [1.165, 1.54) is 0 Å². The Bertz CT molecular complexity index is 340. The minimum atomic E-state index is -0.695. The van der Waals surface area contributed by atoms with Crippen LogP contribution in [0.4, 0.5) is 0 Å². The van der Waals surface area contributed by atoms with Crippen molar-refractivity contribution in [3.8, 4) is 0 Å². The Balaban J connectivity index is 2.35. The molecule has 6 nitrogen and oxygen atoms in total. The van der Waals surface area contributed by atoms with Crippen molar-refractivity contribution in [1.29, 1.82) is 0 Å². The summed E-state index contributed by atoms with van der Waals surface area (Å²) < 4.78 is 4.95. The lowest BCUT2D eigenvalue weighted by atomic mass is 9.85. The van der Waals surface area contributed by atoms with Crippen LogP contribution in [0.2, 0.25) is 0 Å². The number of nitrogens with one attached hydrogen (secondary N) is 1. The van der Waals surface area contributed by atoms with E-state index in [0.29, 0.717) is 19.4 Å². The molecule has 0 aromatic carbocycles. The van der Waals surface area contributed by atoms with Crippen molar-refractivity contribution in [2.45, 2.75) is 25.7 Å². The zero-order chi connectivity index (χ0) is 13.6. The third-order valence-electron chi connectivity index (χ3n) is 3.14. The number of carbonyl (C=O) groups is 2. The van der Waals surface area contributed by atoms with Gasteiger partial charge in [0.05, 0.1) is 17.0 Å². The Kier molecular flexibility index (Phi) is 5.49. The number of carbonyl (C=O) groups excluding carboxylic acids is 2. The van der Waals surface area contributed by atoms with Crippen molar-refractivity contribution in [3.63, 3.8) is 0 Å². The molecule has 102 valence electrons. The van der Waals surface area contributed by atoms with Crippen LogP contribution in [0.3, 0.4) is 0 Å². The normalized spacial score (nSPS) is 17.3. The molecule has 5 N–H and O–H groups in total. The fourth-order valence-electron chi connectivity index (χ4n) is 2.14. The lowest BCUT2D eigenvalue weighted by molar-refractivity contribution is -0.127. The molecule has 0 saturated heterocycles. The first-order chi connectivity index (χ1) is 8.49. The summed E-state index contributed by atoms with van der Waals surface area (Å²) in [6.07, 6.45) is 3.33. The first kappa shape index (κ1) is 14.8. The standard InChI is InChI=1S/C11H19N3O3S/c12-8(15)7-17-6-5-14-10(16)11(9(13)18)3-1-2-4-11/h1-7H2,(H2,12,15)(H2,13,18)(H,14,16). The van der Waals surface area contributed by atoms with Gasteiger partial charge >= 0.3 is 0 Å². The molecule has 1 rings (SSSR count). The molecule has 1 fully saturated rings.